The van der Waals surface area contributed by atoms with Crippen molar-refractivity contribution < 1.29 is 18.0 Å². The molecular formula is C15H11BrClF3N2O. The molecule has 1 aromatic carbocycles. The molecule has 2 aromatic rings. The molecule has 0 fully saturated rings. The van der Waals surface area contributed by atoms with Gasteiger partial charge in [-0.25, -0.2) is 4.98 Å². The highest BCUT2D eigenvalue weighted by molar-refractivity contribution is 9.10. The van der Waals surface area contributed by atoms with Crippen LogP contribution < -0.4 is 5.32 Å². The summed E-state index contributed by atoms with van der Waals surface area (Å²) in [6.07, 6.45) is -2.92. The summed E-state index contributed by atoms with van der Waals surface area (Å²) in [6, 6.07) is 6.77. The van der Waals surface area contributed by atoms with Gasteiger partial charge in [0, 0.05) is 17.2 Å². The second-order valence-electron chi connectivity index (χ2n) is 4.65. The lowest BCUT2D eigenvalue weighted by atomic mass is 10.0. The molecule has 0 saturated carbocycles. The Morgan fingerprint density at radius 1 is 1.30 bits per heavy atom. The lowest BCUT2D eigenvalue weighted by Gasteiger charge is -2.13. The molecule has 23 heavy (non-hydrogen) atoms. The Hall–Kier alpha value is -1.60. The zero-order valence-electron chi connectivity index (χ0n) is 11.6. The quantitative estimate of drug-likeness (QED) is 0.759. The van der Waals surface area contributed by atoms with Crippen molar-refractivity contribution in [2.45, 2.75) is 12.6 Å². The summed E-state index contributed by atoms with van der Waals surface area (Å²) in [7, 11) is 0. The fraction of sp³-hybridized carbons (Fsp3) is 0.200. The van der Waals surface area contributed by atoms with Crippen molar-refractivity contribution in [2.24, 2.45) is 0 Å². The predicted octanol–water partition coefficient (Wildman–Crippen LogP) is 4.49. The Balaban J connectivity index is 2.03. The minimum absolute atomic E-state index is 0.0291. The zero-order valence-corrected chi connectivity index (χ0v) is 14.0. The molecule has 0 aliphatic heterocycles. The van der Waals surface area contributed by atoms with Gasteiger partial charge in [-0.15, -0.1) is 0 Å². The number of hydrogen-bond donors (Lipinski definition) is 1. The number of pyridine rings is 1. The summed E-state index contributed by atoms with van der Waals surface area (Å²) in [5.74, 6) is -0.492. The van der Waals surface area contributed by atoms with Crippen LogP contribution in [0.2, 0.25) is 5.15 Å². The standard InChI is InChI=1S/C15H11BrClF3N2O/c16-10-7-11(13(17)22-8-10)14(23)21-6-5-9-3-1-2-4-12(9)15(18,19)20/h1-4,7-8H,5-6H2,(H,21,23). The highest BCUT2D eigenvalue weighted by atomic mass is 79.9. The van der Waals surface area contributed by atoms with Crippen LogP contribution >= 0.6 is 27.5 Å². The summed E-state index contributed by atoms with van der Waals surface area (Å²) in [5.41, 5.74) is -0.416. The number of carbonyl (C=O) groups is 1. The third-order valence-corrected chi connectivity index (χ3v) is 3.79. The fourth-order valence-corrected chi connectivity index (χ4v) is 2.52. The van der Waals surface area contributed by atoms with Gasteiger partial charge in [-0.1, -0.05) is 29.8 Å². The topological polar surface area (TPSA) is 42.0 Å². The Kier molecular flexibility index (Phi) is 5.64. The normalized spacial score (nSPS) is 11.3. The van der Waals surface area contributed by atoms with Gasteiger partial charge in [-0.05, 0) is 40.0 Å². The van der Waals surface area contributed by atoms with Crippen LogP contribution in [-0.2, 0) is 12.6 Å². The second-order valence-corrected chi connectivity index (χ2v) is 5.93. The number of hydrogen-bond acceptors (Lipinski definition) is 2. The maximum Gasteiger partial charge on any atom is 0.416 e. The highest BCUT2D eigenvalue weighted by Gasteiger charge is 2.32. The van der Waals surface area contributed by atoms with E-state index < -0.39 is 17.6 Å². The van der Waals surface area contributed by atoms with E-state index in [0.29, 0.717) is 4.47 Å². The summed E-state index contributed by atoms with van der Waals surface area (Å²) in [6.45, 7) is 0.0504. The zero-order chi connectivity index (χ0) is 17.0. The first-order chi connectivity index (χ1) is 10.8. The number of rotatable bonds is 4. The van der Waals surface area contributed by atoms with Crippen molar-refractivity contribution in [2.75, 3.05) is 6.54 Å². The van der Waals surface area contributed by atoms with Crippen molar-refractivity contribution in [1.82, 2.24) is 10.3 Å². The monoisotopic (exact) mass is 406 g/mol. The summed E-state index contributed by atoms with van der Waals surface area (Å²) < 4.78 is 39.2. The molecule has 122 valence electrons. The number of alkyl halides is 3. The van der Waals surface area contributed by atoms with Crippen LogP contribution in [-0.4, -0.2) is 17.4 Å². The Morgan fingerprint density at radius 3 is 2.70 bits per heavy atom. The molecule has 3 nitrogen and oxygen atoms in total. The van der Waals surface area contributed by atoms with E-state index in [4.69, 9.17) is 11.6 Å². The number of aromatic nitrogens is 1. The summed E-state index contributed by atoms with van der Waals surface area (Å²) >= 11 is 9.01. The fourth-order valence-electron chi connectivity index (χ4n) is 2.00. The molecular weight excluding hydrogens is 397 g/mol. The van der Waals surface area contributed by atoms with E-state index in [2.05, 4.69) is 26.2 Å². The molecule has 0 bridgehead atoms. The van der Waals surface area contributed by atoms with E-state index in [-0.39, 0.29) is 29.2 Å². The first-order valence-electron chi connectivity index (χ1n) is 6.53. The number of carbonyl (C=O) groups excluding carboxylic acids is 1. The number of benzene rings is 1. The minimum Gasteiger partial charge on any atom is -0.352 e. The third-order valence-electron chi connectivity index (χ3n) is 3.05. The average Bonchev–Trinajstić information content (AvgIpc) is 2.49. The largest absolute Gasteiger partial charge is 0.416 e. The van der Waals surface area contributed by atoms with Crippen LogP contribution in [0.4, 0.5) is 13.2 Å². The van der Waals surface area contributed by atoms with Crippen molar-refractivity contribution >= 4 is 33.4 Å². The second kappa shape index (κ2) is 7.31. The molecule has 0 radical (unpaired) electrons. The molecule has 1 aromatic heterocycles. The van der Waals surface area contributed by atoms with Gasteiger partial charge in [-0.2, -0.15) is 13.2 Å². The number of nitrogens with one attached hydrogen (secondary N) is 1. The molecule has 1 amide bonds. The van der Waals surface area contributed by atoms with Crippen LogP contribution in [0.3, 0.4) is 0 Å². The Morgan fingerprint density at radius 2 is 2.00 bits per heavy atom. The maximum absolute atomic E-state index is 12.9. The van der Waals surface area contributed by atoms with Crippen molar-refractivity contribution in [1.29, 1.82) is 0 Å². The van der Waals surface area contributed by atoms with Gasteiger partial charge in [0.25, 0.3) is 5.91 Å². The first-order valence-corrected chi connectivity index (χ1v) is 7.70. The third kappa shape index (κ3) is 4.68. The number of amides is 1. The van der Waals surface area contributed by atoms with E-state index in [9.17, 15) is 18.0 Å². The van der Waals surface area contributed by atoms with Crippen LogP contribution in [0.1, 0.15) is 21.5 Å². The van der Waals surface area contributed by atoms with Crippen LogP contribution in [0, 0.1) is 0 Å². The molecule has 0 aliphatic carbocycles. The van der Waals surface area contributed by atoms with Gasteiger partial charge in [0.2, 0.25) is 0 Å². The lowest BCUT2D eigenvalue weighted by Crippen LogP contribution is -2.26. The molecule has 2 rings (SSSR count). The van der Waals surface area contributed by atoms with Crippen molar-refractivity contribution in [3.8, 4) is 0 Å². The molecule has 0 atom stereocenters. The maximum atomic E-state index is 12.9. The Bertz CT molecular complexity index is 722. The van der Waals surface area contributed by atoms with Crippen molar-refractivity contribution in [3.63, 3.8) is 0 Å². The van der Waals surface area contributed by atoms with E-state index in [1.165, 1.54) is 30.5 Å². The molecule has 0 spiro atoms. The van der Waals surface area contributed by atoms with Gasteiger partial charge in [0.05, 0.1) is 11.1 Å². The molecule has 1 N–H and O–H groups in total. The highest BCUT2D eigenvalue weighted by Crippen LogP contribution is 2.31. The first kappa shape index (κ1) is 17.7. The van der Waals surface area contributed by atoms with Gasteiger partial charge in [0.1, 0.15) is 5.15 Å². The molecule has 1 heterocycles. The molecule has 0 aliphatic rings. The van der Waals surface area contributed by atoms with Gasteiger partial charge in [-0.3, -0.25) is 4.79 Å². The van der Waals surface area contributed by atoms with E-state index in [0.717, 1.165) is 6.07 Å². The predicted molar refractivity (Wildman–Crippen MR) is 84.4 cm³/mol. The van der Waals surface area contributed by atoms with Gasteiger partial charge in [0.15, 0.2) is 0 Å². The SMILES string of the molecule is O=C(NCCc1ccccc1C(F)(F)F)c1cc(Br)cnc1Cl. The molecule has 8 heteroatoms. The van der Waals surface area contributed by atoms with Gasteiger partial charge >= 0.3 is 6.18 Å². The summed E-state index contributed by atoms with van der Waals surface area (Å²) in [4.78, 5) is 15.8. The van der Waals surface area contributed by atoms with E-state index >= 15 is 0 Å². The minimum atomic E-state index is -4.42. The smallest absolute Gasteiger partial charge is 0.352 e. The van der Waals surface area contributed by atoms with Crippen LogP contribution in [0.25, 0.3) is 0 Å². The van der Waals surface area contributed by atoms with Crippen molar-refractivity contribution in [3.05, 3.63) is 62.8 Å². The molecule has 0 saturated heterocycles. The lowest BCUT2D eigenvalue weighted by molar-refractivity contribution is -0.138. The summed E-state index contributed by atoms with van der Waals surface area (Å²) in [5, 5.41) is 2.57. The van der Waals surface area contributed by atoms with E-state index in [1.807, 2.05) is 0 Å². The van der Waals surface area contributed by atoms with Crippen LogP contribution in [0.15, 0.2) is 41.0 Å². The Labute approximate surface area is 144 Å². The number of halogens is 5. The van der Waals surface area contributed by atoms with Gasteiger partial charge < -0.3 is 5.32 Å². The average molecular weight is 408 g/mol. The van der Waals surface area contributed by atoms with E-state index in [1.54, 1.807) is 0 Å². The number of nitrogens with zero attached hydrogens (tertiary/aromatic N) is 1. The molecule has 0 unspecified atom stereocenters. The van der Waals surface area contributed by atoms with Crippen LogP contribution in [0.5, 0.6) is 0 Å².